The van der Waals surface area contributed by atoms with Crippen molar-refractivity contribution >= 4 is 34.4 Å². The van der Waals surface area contributed by atoms with Gasteiger partial charge in [0.15, 0.2) is 0 Å². The number of methoxy groups -OCH3 is 1. The van der Waals surface area contributed by atoms with E-state index in [1.165, 1.54) is 7.11 Å². The number of ether oxygens (including phenoxy) is 1. The van der Waals surface area contributed by atoms with Crippen LogP contribution in [0.1, 0.15) is 48.2 Å². The molecule has 0 radical (unpaired) electrons. The Morgan fingerprint density at radius 1 is 1.03 bits per heavy atom. The van der Waals surface area contributed by atoms with Crippen LogP contribution in [-0.2, 0) is 16.1 Å². The molecule has 4 aromatic rings. The van der Waals surface area contributed by atoms with Crippen LogP contribution in [0.2, 0.25) is 5.02 Å². The molecule has 0 atom stereocenters. The number of hydrogen-bond donors (Lipinski definition) is 1. The number of nitrogens with zero attached hydrogens (tertiary/aromatic N) is 2. The molecule has 1 amide bonds. The lowest BCUT2D eigenvalue weighted by atomic mass is 9.32. The fraction of sp³-hybridized carbons (Fsp3) is 0.323. The molecule has 0 saturated heterocycles. The fourth-order valence-corrected chi connectivity index (χ4v) is 7.26. The van der Waals surface area contributed by atoms with Crippen LogP contribution in [0, 0.1) is 10.8 Å². The number of carbonyl (C=O) groups excluding carboxylic acids is 2. The number of aromatic nitrogens is 2. The number of amides is 1. The normalized spacial score (nSPS) is 24.3. The molecular formula is C31H28ClN3O3. The molecule has 1 N–H and O–H groups in total. The number of esters is 1. The number of nitrogens with one attached hydrogen (secondary N) is 1. The van der Waals surface area contributed by atoms with Crippen LogP contribution in [0.5, 0.6) is 0 Å². The molecule has 4 aliphatic carbocycles. The summed E-state index contributed by atoms with van der Waals surface area (Å²) in [6.45, 7) is 0.539. The number of pyridine rings is 1. The molecular weight excluding hydrogens is 498 g/mol. The summed E-state index contributed by atoms with van der Waals surface area (Å²) < 4.78 is 7.09. The maximum Gasteiger partial charge on any atom is 0.311 e. The summed E-state index contributed by atoms with van der Waals surface area (Å²) in [6, 6.07) is 19.9. The molecule has 2 aromatic carbocycles. The van der Waals surface area contributed by atoms with Crippen molar-refractivity contribution in [2.45, 2.75) is 44.2 Å². The van der Waals surface area contributed by atoms with Gasteiger partial charge in [-0.1, -0.05) is 48.0 Å². The van der Waals surface area contributed by atoms with Gasteiger partial charge in [-0.05, 0) is 67.3 Å². The van der Waals surface area contributed by atoms with Crippen molar-refractivity contribution in [1.82, 2.24) is 14.9 Å². The third-order valence-electron chi connectivity index (χ3n) is 9.10. The summed E-state index contributed by atoms with van der Waals surface area (Å²) in [7, 11) is 1.46. The molecule has 38 heavy (non-hydrogen) atoms. The Morgan fingerprint density at radius 2 is 1.79 bits per heavy atom. The van der Waals surface area contributed by atoms with E-state index in [2.05, 4.69) is 28.1 Å². The highest BCUT2D eigenvalue weighted by Gasteiger charge is 2.81. The van der Waals surface area contributed by atoms with Gasteiger partial charge >= 0.3 is 5.97 Å². The maximum absolute atomic E-state index is 13.8. The highest BCUT2D eigenvalue weighted by Crippen LogP contribution is 2.81. The van der Waals surface area contributed by atoms with E-state index in [1.807, 2.05) is 48.8 Å². The minimum atomic E-state index is -0.323. The largest absolute Gasteiger partial charge is 0.469 e. The van der Waals surface area contributed by atoms with Gasteiger partial charge in [0.25, 0.3) is 5.91 Å². The average Bonchev–Trinajstić information content (AvgIpc) is 3.54. The van der Waals surface area contributed by atoms with Gasteiger partial charge in [0.05, 0.1) is 35.8 Å². The lowest BCUT2D eigenvalue weighted by Gasteiger charge is -2.71. The van der Waals surface area contributed by atoms with E-state index in [-0.39, 0.29) is 28.2 Å². The Hall–Kier alpha value is -3.64. The first kappa shape index (κ1) is 23.5. The summed E-state index contributed by atoms with van der Waals surface area (Å²) in [5, 5.41) is 4.84. The molecule has 2 aromatic heterocycles. The van der Waals surface area contributed by atoms with Crippen LogP contribution >= 0.6 is 11.6 Å². The minimum Gasteiger partial charge on any atom is -0.469 e. The van der Waals surface area contributed by atoms with E-state index in [0.29, 0.717) is 17.1 Å². The van der Waals surface area contributed by atoms with Gasteiger partial charge in [-0.2, -0.15) is 0 Å². The third kappa shape index (κ3) is 3.43. The van der Waals surface area contributed by atoms with Crippen molar-refractivity contribution in [3.05, 3.63) is 89.3 Å². The van der Waals surface area contributed by atoms with E-state index < -0.39 is 0 Å². The molecule has 4 saturated carbocycles. The first-order valence-electron chi connectivity index (χ1n) is 13.1. The Morgan fingerprint density at radius 3 is 2.45 bits per heavy atom. The number of benzene rings is 2. The van der Waals surface area contributed by atoms with E-state index in [0.717, 1.165) is 59.8 Å². The number of hydrogen-bond acceptors (Lipinski definition) is 4. The summed E-state index contributed by atoms with van der Waals surface area (Å²) in [5.74, 6) is -0.222. The van der Waals surface area contributed by atoms with Gasteiger partial charge in [-0.3, -0.25) is 14.6 Å². The molecule has 8 rings (SSSR count). The second kappa shape index (κ2) is 8.18. The van der Waals surface area contributed by atoms with E-state index in [1.54, 1.807) is 6.07 Å². The number of halogens is 1. The Kier molecular flexibility index (Phi) is 5.05. The molecule has 2 bridgehead atoms. The van der Waals surface area contributed by atoms with E-state index >= 15 is 0 Å². The maximum atomic E-state index is 13.8. The van der Waals surface area contributed by atoms with Crippen LogP contribution in [0.3, 0.4) is 0 Å². The highest BCUT2D eigenvalue weighted by molar-refractivity contribution is 6.32. The van der Waals surface area contributed by atoms with Gasteiger partial charge in [0.2, 0.25) is 0 Å². The molecule has 6 nitrogen and oxygen atoms in total. The van der Waals surface area contributed by atoms with Crippen LogP contribution < -0.4 is 5.32 Å². The van der Waals surface area contributed by atoms with E-state index in [4.69, 9.17) is 21.3 Å². The monoisotopic (exact) mass is 525 g/mol. The average molecular weight is 526 g/mol. The van der Waals surface area contributed by atoms with Crippen molar-refractivity contribution in [3.8, 4) is 11.1 Å². The second-order valence-electron chi connectivity index (χ2n) is 11.4. The molecule has 4 fully saturated rings. The Labute approximate surface area is 226 Å². The van der Waals surface area contributed by atoms with Crippen LogP contribution in [-0.4, -0.2) is 34.1 Å². The van der Waals surface area contributed by atoms with Crippen molar-refractivity contribution < 1.29 is 14.3 Å². The van der Waals surface area contributed by atoms with Gasteiger partial charge in [-0.25, -0.2) is 0 Å². The first-order chi connectivity index (χ1) is 18.4. The topological polar surface area (TPSA) is 73.2 Å². The molecule has 0 unspecified atom stereocenters. The summed E-state index contributed by atoms with van der Waals surface area (Å²) >= 11 is 6.45. The third-order valence-corrected chi connectivity index (χ3v) is 9.32. The van der Waals surface area contributed by atoms with Gasteiger partial charge in [0, 0.05) is 33.9 Å². The molecule has 0 aliphatic heterocycles. The fourth-order valence-electron chi connectivity index (χ4n) is 7.04. The second-order valence-corrected chi connectivity index (χ2v) is 11.8. The van der Waals surface area contributed by atoms with Gasteiger partial charge in [0.1, 0.15) is 0 Å². The predicted molar refractivity (Wildman–Crippen MR) is 146 cm³/mol. The van der Waals surface area contributed by atoms with Crippen molar-refractivity contribution in [3.63, 3.8) is 0 Å². The zero-order valence-corrected chi connectivity index (χ0v) is 21.9. The van der Waals surface area contributed by atoms with Crippen LogP contribution in [0.4, 0.5) is 0 Å². The SMILES string of the molecule is COC(=O)C12CC(C3(NC(=O)c4cc(Cl)cc5ccn(Cc6ccc(-c7ccccc7)cn6)c45)CC3)(C1)C2. The van der Waals surface area contributed by atoms with E-state index in [9.17, 15) is 9.59 Å². The molecule has 4 aliphatic rings. The van der Waals surface area contributed by atoms with Gasteiger partial charge < -0.3 is 14.6 Å². The number of fused-ring (bicyclic) bond motifs is 1. The van der Waals surface area contributed by atoms with Gasteiger partial charge in [-0.15, -0.1) is 0 Å². The smallest absolute Gasteiger partial charge is 0.311 e. The lowest BCUT2D eigenvalue weighted by molar-refractivity contribution is -0.239. The Bertz CT molecular complexity index is 1570. The minimum absolute atomic E-state index is 0.0148. The summed E-state index contributed by atoms with van der Waals surface area (Å²) in [4.78, 5) is 30.6. The van der Waals surface area contributed by atoms with Crippen LogP contribution in [0.15, 0.2) is 73.1 Å². The molecule has 7 heteroatoms. The Balaban J connectivity index is 1.14. The summed E-state index contributed by atoms with van der Waals surface area (Å²) in [6.07, 6.45) is 8.18. The van der Waals surface area contributed by atoms with Crippen molar-refractivity contribution in [2.24, 2.45) is 10.8 Å². The van der Waals surface area contributed by atoms with Crippen molar-refractivity contribution in [1.29, 1.82) is 0 Å². The predicted octanol–water partition coefficient (Wildman–Crippen LogP) is 6.01. The summed E-state index contributed by atoms with van der Waals surface area (Å²) in [5.41, 5.74) is 3.97. The molecule has 0 spiro atoms. The first-order valence-corrected chi connectivity index (χ1v) is 13.4. The number of rotatable bonds is 7. The zero-order valence-electron chi connectivity index (χ0n) is 21.2. The van der Waals surface area contributed by atoms with Crippen LogP contribution in [0.25, 0.3) is 22.0 Å². The van der Waals surface area contributed by atoms with Crippen molar-refractivity contribution in [2.75, 3.05) is 7.11 Å². The standard InChI is InChI=1S/C31H28ClN3O3/c1-38-28(37)29-17-30(18-29,19-29)31(10-11-31)34-27(36)25-14-23(32)13-21-9-12-35(26(21)25)16-24-8-7-22(15-33-24)20-5-3-2-4-6-20/h2-9,12-15H,10-11,16-19H2,1H3,(H,34,36). The quantitative estimate of drug-likeness (QED) is 0.300. The zero-order chi connectivity index (χ0) is 26.1. The number of carbonyl (C=O) groups is 2. The highest BCUT2D eigenvalue weighted by atomic mass is 35.5. The molecule has 192 valence electrons. The lowest BCUT2D eigenvalue weighted by Crippen LogP contribution is -2.73. The molecule has 2 heterocycles.